The second-order valence-corrected chi connectivity index (χ2v) is 8.10. The third-order valence-electron chi connectivity index (χ3n) is 4.73. The van der Waals surface area contributed by atoms with Gasteiger partial charge in [0.15, 0.2) is 11.7 Å². The number of carbonyl (C=O) groups is 1. The molecule has 0 aliphatic rings. The summed E-state index contributed by atoms with van der Waals surface area (Å²) in [6, 6.07) is 13.7. The monoisotopic (exact) mass is 445 g/mol. The summed E-state index contributed by atoms with van der Waals surface area (Å²) in [7, 11) is 4.05. The van der Waals surface area contributed by atoms with Crippen LogP contribution in [0.15, 0.2) is 53.1 Å². The minimum Gasteiger partial charge on any atom is -0.441 e. The molecule has 0 radical (unpaired) electrons. The van der Waals surface area contributed by atoms with Gasteiger partial charge in [-0.15, -0.1) is 0 Å². The summed E-state index contributed by atoms with van der Waals surface area (Å²) in [6.45, 7) is 0.644. The number of rotatable bonds is 9. The molecule has 5 nitrogen and oxygen atoms in total. The number of nitrogens with one attached hydrogen (secondary N) is 1. The minimum absolute atomic E-state index is 0.0118. The molecule has 1 heterocycles. The Labute approximate surface area is 187 Å². The largest absolute Gasteiger partial charge is 0.441 e. The molecule has 158 valence electrons. The van der Waals surface area contributed by atoms with Crippen LogP contribution in [0.4, 0.5) is 5.69 Å². The maximum absolute atomic E-state index is 12.1. The van der Waals surface area contributed by atoms with E-state index >= 15 is 0 Å². The topological polar surface area (TPSA) is 58.4 Å². The standard InChI is InChI=1S/C23H25Cl2N3O2/c1-28(2)18-8-5-16(6-9-18)4-3-13-26-22(29)11-12-23-27-15-21(30-23)19-10-7-17(24)14-20(19)25/h5-10,14-15H,3-4,11-13H2,1-2H3,(H,26,29). The summed E-state index contributed by atoms with van der Waals surface area (Å²) in [5, 5.41) is 4.01. The molecule has 3 rings (SSSR count). The maximum atomic E-state index is 12.1. The highest BCUT2D eigenvalue weighted by atomic mass is 35.5. The first-order chi connectivity index (χ1) is 14.4. The van der Waals surface area contributed by atoms with Crippen LogP contribution >= 0.6 is 23.2 Å². The zero-order valence-electron chi connectivity index (χ0n) is 17.1. The van der Waals surface area contributed by atoms with E-state index < -0.39 is 0 Å². The van der Waals surface area contributed by atoms with Crippen molar-refractivity contribution < 1.29 is 9.21 Å². The molecule has 1 aromatic heterocycles. The van der Waals surface area contributed by atoms with E-state index in [2.05, 4.69) is 39.5 Å². The first kappa shape index (κ1) is 22.2. The molecule has 0 atom stereocenters. The van der Waals surface area contributed by atoms with Crippen LogP contribution in [-0.4, -0.2) is 31.5 Å². The maximum Gasteiger partial charge on any atom is 0.220 e. The van der Waals surface area contributed by atoms with Crippen molar-refractivity contribution in [2.75, 3.05) is 25.5 Å². The Morgan fingerprint density at radius 1 is 1.10 bits per heavy atom. The molecular weight excluding hydrogens is 421 g/mol. The summed E-state index contributed by atoms with van der Waals surface area (Å²) in [4.78, 5) is 18.4. The Balaban J connectivity index is 1.39. The fourth-order valence-corrected chi connectivity index (χ4v) is 3.53. The third kappa shape index (κ3) is 6.25. The van der Waals surface area contributed by atoms with E-state index in [-0.39, 0.29) is 5.91 Å². The number of aryl methyl sites for hydroxylation is 2. The van der Waals surface area contributed by atoms with E-state index in [0.29, 0.717) is 41.1 Å². The van der Waals surface area contributed by atoms with Gasteiger partial charge >= 0.3 is 0 Å². The Hall–Kier alpha value is -2.50. The quantitative estimate of drug-likeness (QED) is 0.448. The number of hydrogen-bond donors (Lipinski definition) is 1. The average Bonchev–Trinajstić information content (AvgIpc) is 3.18. The molecule has 1 amide bonds. The van der Waals surface area contributed by atoms with Crippen LogP contribution in [0, 0.1) is 0 Å². The molecule has 0 fully saturated rings. The molecule has 0 saturated heterocycles. The number of anilines is 1. The smallest absolute Gasteiger partial charge is 0.220 e. The second kappa shape index (κ2) is 10.5. The van der Waals surface area contributed by atoms with Gasteiger partial charge in [-0.2, -0.15) is 0 Å². The van der Waals surface area contributed by atoms with Crippen LogP contribution in [0.1, 0.15) is 24.3 Å². The zero-order chi connectivity index (χ0) is 21.5. The number of carbonyl (C=O) groups excluding carboxylic acids is 1. The minimum atomic E-state index is -0.0118. The number of oxazole rings is 1. The lowest BCUT2D eigenvalue weighted by Crippen LogP contribution is -2.25. The molecule has 2 aromatic carbocycles. The van der Waals surface area contributed by atoms with E-state index in [4.69, 9.17) is 27.6 Å². The number of benzene rings is 2. The first-order valence-corrected chi connectivity index (χ1v) is 10.6. The van der Waals surface area contributed by atoms with Crippen molar-refractivity contribution in [1.82, 2.24) is 10.3 Å². The predicted octanol–water partition coefficient (Wildman–Crippen LogP) is 5.40. The van der Waals surface area contributed by atoms with Crippen LogP contribution < -0.4 is 10.2 Å². The van der Waals surface area contributed by atoms with Crippen molar-refractivity contribution in [2.24, 2.45) is 0 Å². The Morgan fingerprint density at radius 3 is 2.57 bits per heavy atom. The number of hydrogen-bond acceptors (Lipinski definition) is 4. The average molecular weight is 446 g/mol. The summed E-state index contributed by atoms with van der Waals surface area (Å²) >= 11 is 12.1. The Morgan fingerprint density at radius 2 is 1.87 bits per heavy atom. The Kier molecular flexibility index (Phi) is 7.77. The summed E-state index contributed by atoms with van der Waals surface area (Å²) < 4.78 is 5.73. The fraction of sp³-hybridized carbons (Fsp3) is 0.304. The van der Waals surface area contributed by atoms with Crippen molar-refractivity contribution in [1.29, 1.82) is 0 Å². The van der Waals surface area contributed by atoms with Gasteiger partial charge in [-0.25, -0.2) is 4.98 Å². The highest BCUT2D eigenvalue weighted by molar-refractivity contribution is 6.36. The third-order valence-corrected chi connectivity index (χ3v) is 5.28. The molecule has 0 unspecified atom stereocenters. The molecule has 0 saturated carbocycles. The number of nitrogens with zero attached hydrogens (tertiary/aromatic N) is 2. The molecule has 0 aliphatic heterocycles. The fourth-order valence-electron chi connectivity index (χ4n) is 3.03. The molecule has 7 heteroatoms. The van der Waals surface area contributed by atoms with Crippen LogP contribution in [0.3, 0.4) is 0 Å². The summed E-state index contributed by atoms with van der Waals surface area (Å²) in [6.07, 6.45) is 4.20. The number of aromatic nitrogens is 1. The van der Waals surface area contributed by atoms with Gasteiger partial charge in [-0.1, -0.05) is 35.3 Å². The number of halogens is 2. The van der Waals surface area contributed by atoms with Gasteiger partial charge in [-0.3, -0.25) is 4.79 Å². The van der Waals surface area contributed by atoms with Crippen LogP contribution in [0.25, 0.3) is 11.3 Å². The van der Waals surface area contributed by atoms with Gasteiger partial charge in [0.1, 0.15) is 0 Å². The summed E-state index contributed by atoms with van der Waals surface area (Å²) in [5.74, 6) is 1.06. The molecule has 0 spiro atoms. The molecule has 0 bridgehead atoms. The predicted molar refractivity (Wildman–Crippen MR) is 122 cm³/mol. The van der Waals surface area contributed by atoms with E-state index in [9.17, 15) is 4.79 Å². The van der Waals surface area contributed by atoms with Gasteiger partial charge in [0, 0.05) is 49.8 Å². The van der Waals surface area contributed by atoms with Gasteiger partial charge < -0.3 is 14.6 Å². The van der Waals surface area contributed by atoms with E-state index in [1.54, 1.807) is 24.4 Å². The van der Waals surface area contributed by atoms with Gasteiger partial charge in [0.2, 0.25) is 5.91 Å². The van der Waals surface area contributed by atoms with Gasteiger partial charge in [-0.05, 0) is 48.7 Å². The second-order valence-electron chi connectivity index (χ2n) is 7.26. The van der Waals surface area contributed by atoms with Crippen LogP contribution in [0.5, 0.6) is 0 Å². The normalized spacial score (nSPS) is 10.8. The van der Waals surface area contributed by atoms with E-state index in [1.165, 1.54) is 11.3 Å². The highest BCUT2D eigenvalue weighted by Gasteiger charge is 2.12. The van der Waals surface area contributed by atoms with Gasteiger partial charge in [0.05, 0.1) is 11.2 Å². The van der Waals surface area contributed by atoms with Crippen LogP contribution in [0.2, 0.25) is 10.0 Å². The zero-order valence-corrected chi connectivity index (χ0v) is 18.6. The van der Waals surface area contributed by atoms with Crippen molar-refractivity contribution in [2.45, 2.75) is 25.7 Å². The van der Waals surface area contributed by atoms with Crippen molar-refractivity contribution in [3.63, 3.8) is 0 Å². The molecule has 0 aliphatic carbocycles. The van der Waals surface area contributed by atoms with Crippen LogP contribution in [-0.2, 0) is 17.6 Å². The molecular formula is C23H25Cl2N3O2. The first-order valence-electron chi connectivity index (χ1n) is 9.85. The van der Waals surface area contributed by atoms with Gasteiger partial charge in [0.25, 0.3) is 0 Å². The lowest BCUT2D eigenvalue weighted by Gasteiger charge is -2.12. The van der Waals surface area contributed by atoms with E-state index in [1.807, 2.05) is 14.1 Å². The number of amides is 1. The van der Waals surface area contributed by atoms with Crippen molar-refractivity contribution in [3.05, 3.63) is 70.2 Å². The Bertz CT molecular complexity index is 984. The molecule has 1 N–H and O–H groups in total. The van der Waals surface area contributed by atoms with Crippen molar-refractivity contribution in [3.8, 4) is 11.3 Å². The van der Waals surface area contributed by atoms with Crippen molar-refractivity contribution >= 4 is 34.8 Å². The summed E-state index contributed by atoms with van der Waals surface area (Å²) in [5.41, 5.74) is 3.17. The SMILES string of the molecule is CN(C)c1ccc(CCCNC(=O)CCc2ncc(-c3ccc(Cl)cc3Cl)o2)cc1. The lowest BCUT2D eigenvalue weighted by molar-refractivity contribution is -0.121. The molecule has 30 heavy (non-hydrogen) atoms. The lowest BCUT2D eigenvalue weighted by atomic mass is 10.1. The van der Waals surface area contributed by atoms with E-state index in [0.717, 1.165) is 18.4 Å². The highest BCUT2D eigenvalue weighted by Crippen LogP contribution is 2.30. The molecule has 3 aromatic rings.